The van der Waals surface area contributed by atoms with Crippen LogP contribution in [0.25, 0.3) is 0 Å². The molecule has 2 saturated heterocycles. The first kappa shape index (κ1) is 14.3. The second kappa shape index (κ2) is 5.48. The topological polar surface area (TPSA) is 158 Å². The maximum Gasteiger partial charge on any atom is 1.20 e. The monoisotopic (exact) mass is 318 g/mol. The highest BCUT2D eigenvalue weighted by Crippen LogP contribution is 2.07. The Morgan fingerprint density at radius 2 is 0.900 bits per heavy atom. The molecule has 0 aromatic rings. The lowest BCUT2D eigenvalue weighted by atomic mass is 10.7. The highest BCUT2D eigenvalue weighted by atomic mass is 27.3. The Bertz CT molecular complexity index is 458. The van der Waals surface area contributed by atoms with Crippen molar-refractivity contribution < 1.29 is 51.5 Å². The molecule has 20 heavy (non-hydrogen) atoms. The maximum absolute atomic E-state index is 11.2. The molecule has 2 fully saturated rings. The van der Waals surface area contributed by atoms with E-state index in [0.29, 0.717) is 0 Å². The molecule has 0 aliphatic carbocycles. The van der Waals surface area contributed by atoms with E-state index in [1.165, 1.54) is 0 Å². The van der Waals surface area contributed by atoms with E-state index in [0.717, 1.165) is 0 Å². The first-order valence-electron chi connectivity index (χ1n) is 4.61. The molecule has 2 aliphatic heterocycles. The minimum Gasteiger partial charge on any atom is -0.542 e. The van der Waals surface area contributed by atoms with Crippen molar-refractivity contribution in [3.63, 3.8) is 0 Å². The highest BCUT2D eigenvalue weighted by molar-refractivity contribution is 6.61. The van der Waals surface area contributed by atoms with Crippen LogP contribution in [0.1, 0.15) is 0 Å². The average molecular weight is 318 g/mol. The normalized spacial score (nSPS) is 17.2. The number of rotatable bonds is 2. The van der Waals surface area contributed by atoms with E-state index >= 15 is 0 Å². The van der Waals surface area contributed by atoms with E-state index in [4.69, 9.17) is 0 Å². The van der Waals surface area contributed by atoms with Crippen molar-refractivity contribution in [1.82, 2.24) is 0 Å². The zero-order valence-electron chi connectivity index (χ0n) is 9.05. The molecule has 0 N–H and O–H groups in total. The van der Waals surface area contributed by atoms with Crippen LogP contribution in [0.4, 0.5) is 0 Å². The second-order valence-corrected chi connectivity index (χ2v) is 5.58. The Balaban J connectivity index is 1.82. The Morgan fingerprint density at radius 3 is 1.15 bits per heavy atom. The van der Waals surface area contributed by atoms with Crippen molar-refractivity contribution in [1.29, 1.82) is 0 Å². The van der Waals surface area contributed by atoms with Gasteiger partial charge in [0.15, 0.2) is 0 Å². The molecular formula is C6Al2O12. The SMILES string of the molecule is O=C1[O][Al]([O]C(=O)C(=O)[O][Al]2[O]C(=O)C(=O)[O]2)[O]C1=O. The third-order valence-electron chi connectivity index (χ3n) is 1.72. The van der Waals surface area contributed by atoms with Crippen molar-refractivity contribution >= 4 is 66.1 Å². The third-order valence-corrected chi connectivity index (χ3v) is 4.16. The van der Waals surface area contributed by atoms with Crippen molar-refractivity contribution in [2.45, 2.75) is 0 Å². The van der Waals surface area contributed by atoms with Gasteiger partial charge in [-0.2, -0.15) is 0 Å². The third kappa shape index (κ3) is 3.07. The van der Waals surface area contributed by atoms with Gasteiger partial charge in [-0.05, 0) is 0 Å². The molecule has 102 valence electrons. The minimum atomic E-state index is -3.43. The molecule has 0 unspecified atom stereocenters. The van der Waals surface area contributed by atoms with E-state index in [9.17, 15) is 28.8 Å². The average Bonchev–Trinajstić information content (AvgIpc) is 2.83. The van der Waals surface area contributed by atoms with Crippen LogP contribution in [0.5, 0.6) is 0 Å². The maximum atomic E-state index is 11.2. The highest BCUT2D eigenvalue weighted by Gasteiger charge is 2.60. The summed E-state index contributed by atoms with van der Waals surface area (Å²) in [6.45, 7) is 0. The van der Waals surface area contributed by atoms with E-state index in [2.05, 4.69) is 22.7 Å². The molecule has 2 rings (SSSR count). The van der Waals surface area contributed by atoms with Gasteiger partial charge in [0.25, 0.3) is 0 Å². The number of hydrogen-bond donors (Lipinski definition) is 0. The Labute approximate surface area is 118 Å². The molecule has 0 bridgehead atoms. The zero-order valence-corrected chi connectivity index (χ0v) is 11.4. The fraction of sp³-hybridized carbons (Fsp3) is 0. The van der Waals surface area contributed by atoms with Gasteiger partial charge in [-0.3, -0.25) is 0 Å². The first-order valence-corrected chi connectivity index (χ1v) is 7.44. The van der Waals surface area contributed by atoms with Crippen LogP contribution in [-0.4, -0.2) is 66.1 Å². The summed E-state index contributed by atoms with van der Waals surface area (Å²) in [5.41, 5.74) is 0. The van der Waals surface area contributed by atoms with E-state index < -0.39 is 66.1 Å². The van der Waals surface area contributed by atoms with Gasteiger partial charge in [0, 0.05) is 0 Å². The molecule has 0 aromatic heterocycles. The van der Waals surface area contributed by atoms with Crippen LogP contribution >= 0.6 is 0 Å². The van der Waals surface area contributed by atoms with Gasteiger partial charge in [-0.25, -0.2) is 28.8 Å². The first-order chi connectivity index (χ1) is 9.36. The molecule has 0 aromatic carbocycles. The Kier molecular flexibility index (Phi) is 3.92. The molecule has 0 spiro atoms. The van der Waals surface area contributed by atoms with Gasteiger partial charge in [0.1, 0.15) is 0 Å². The summed E-state index contributed by atoms with van der Waals surface area (Å²) in [6.07, 6.45) is 0. The van der Waals surface area contributed by atoms with Crippen molar-refractivity contribution in [3.05, 3.63) is 0 Å². The standard InChI is InChI=1S/3C2H2O4.2Al/c3*3-1(4)2(5)6;;/h3*(H,3,4)(H,5,6);;/q;;;2*+3/p-6. The van der Waals surface area contributed by atoms with Crippen molar-refractivity contribution in [2.24, 2.45) is 0 Å². The van der Waals surface area contributed by atoms with Crippen LogP contribution in [0.15, 0.2) is 0 Å². The van der Waals surface area contributed by atoms with Crippen LogP contribution in [-0.2, 0) is 51.5 Å². The van der Waals surface area contributed by atoms with Crippen LogP contribution in [0.2, 0.25) is 0 Å². The number of hydrogen-bond acceptors (Lipinski definition) is 12. The van der Waals surface area contributed by atoms with Gasteiger partial charge < -0.3 is 22.7 Å². The van der Waals surface area contributed by atoms with Crippen LogP contribution in [0, 0.1) is 0 Å². The molecule has 0 amide bonds. The smallest absolute Gasteiger partial charge is 0.542 e. The Morgan fingerprint density at radius 1 is 0.650 bits per heavy atom. The summed E-state index contributed by atoms with van der Waals surface area (Å²) in [4.78, 5) is 64.8. The predicted molar refractivity (Wildman–Crippen MR) is 48.1 cm³/mol. The zero-order chi connectivity index (χ0) is 14.9. The number of carbonyl (C=O) groups excluding carboxylic acids is 6. The molecule has 14 heteroatoms. The van der Waals surface area contributed by atoms with Gasteiger partial charge in [0.2, 0.25) is 0 Å². The van der Waals surface area contributed by atoms with E-state index in [1.54, 1.807) is 0 Å². The minimum absolute atomic E-state index is 1.35. The summed E-state index contributed by atoms with van der Waals surface area (Å²) in [5, 5.41) is 0. The molecular weight excluding hydrogens is 318 g/mol. The fourth-order valence-corrected chi connectivity index (χ4v) is 2.87. The molecule has 0 atom stereocenters. The van der Waals surface area contributed by atoms with Crippen molar-refractivity contribution in [3.8, 4) is 0 Å². The molecule has 0 radical (unpaired) electrons. The lowest BCUT2D eigenvalue weighted by Crippen LogP contribution is -2.34. The van der Waals surface area contributed by atoms with Crippen LogP contribution < -0.4 is 0 Å². The fourth-order valence-electron chi connectivity index (χ4n) is 0.957. The summed E-state index contributed by atoms with van der Waals surface area (Å²) in [7, 11) is 0. The summed E-state index contributed by atoms with van der Waals surface area (Å²) in [5.74, 6) is -8.72. The second-order valence-electron chi connectivity index (χ2n) is 3.01. The molecule has 2 aliphatic rings. The summed E-state index contributed by atoms with van der Waals surface area (Å²) < 4.78 is 25.4. The lowest BCUT2D eigenvalue weighted by Gasteiger charge is -2.05. The molecule has 0 saturated carbocycles. The molecule has 2 heterocycles. The molecule has 12 nitrogen and oxygen atoms in total. The predicted octanol–water partition coefficient (Wildman–Crippen LogP) is -3.76. The number of carbonyl (C=O) groups is 6. The van der Waals surface area contributed by atoms with Gasteiger partial charge in [-0.1, -0.05) is 0 Å². The lowest BCUT2D eigenvalue weighted by molar-refractivity contribution is -0.160. The summed E-state index contributed by atoms with van der Waals surface area (Å²) in [6, 6.07) is 0. The van der Waals surface area contributed by atoms with Crippen LogP contribution in [0.3, 0.4) is 0 Å². The largest absolute Gasteiger partial charge is 1.20 e. The van der Waals surface area contributed by atoms with Gasteiger partial charge >= 0.3 is 66.1 Å². The van der Waals surface area contributed by atoms with E-state index in [-0.39, 0.29) is 0 Å². The quantitative estimate of drug-likeness (QED) is 0.362. The van der Waals surface area contributed by atoms with Crippen molar-refractivity contribution in [2.75, 3.05) is 0 Å². The van der Waals surface area contributed by atoms with Gasteiger partial charge in [0.05, 0.1) is 0 Å². The van der Waals surface area contributed by atoms with E-state index in [1.807, 2.05) is 0 Å². The van der Waals surface area contributed by atoms with Gasteiger partial charge in [-0.15, -0.1) is 0 Å². The Hall–Kier alpha value is -2.12. The summed E-state index contributed by atoms with van der Waals surface area (Å²) >= 11 is -6.87.